The van der Waals surface area contributed by atoms with Gasteiger partial charge in [0.1, 0.15) is 0 Å². The Hall–Kier alpha value is -0.940. The molecule has 1 aliphatic rings. The number of nitrogens with zero attached hydrogens (tertiary/aromatic N) is 2. The maximum Gasteiger partial charge on any atom is 0.227 e. The van der Waals surface area contributed by atoms with Crippen LogP contribution in [-0.4, -0.2) is 23.2 Å². The van der Waals surface area contributed by atoms with Crippen molar-refractivity contribution in [2.24, 2.45) is 11.7 Å². The molecule has 2 heterocycles. The topological polar surface area (TPSA) is 77.0 Å². The van der Waals surface area contributed by atoms with Gasteiger partial charge >= 0.3 is 0 Å². The van der Waals surface area contributed by atoms with Crippen LogP contribution in [0.1, 0.15) is 24.6 Å². The van der Waals surface area contributed by atoms with Crippen molar-refractivity contribution in [3.8, 4) is 0 Å². The van der Waals surface area contributed by atoms with Gasteiger partial charge in [-0.25, -0.2) is 0 Å². The normalized spacial score (nSPS) is 22.5. The Morgan fingerprint density at radius 3 is 3.14 bits per heavy atom. The summed E-state index contributed by atoms with van der Waals surface area (Å²) in [6, 6.07) is 0. The molecule has 0 aliphatic carbocycles. The van der Waals surface area contributed by atoms with Crippen molar-refractivity contribution in [3.63, 3.8) is 0 Å². The summed E-state index contributed by atoms with van der Waals surface area (Å²) in [5, 5.41) is 7.13. The molecule has 0 saturated carbocycles. The molecule has 14 heavy (non-hydrogen) atoms. The van der Waals surface area contributed by atoms with Gasteiger partial charge in [0.2, 0.25) is 5.89 Å². The zero-order valence-corrected chi connectivity index (χ0v) is 8.20. The van der Waals surface area contributed by atoms with Crippen LogP contribution in [0.3, 0.4) is 0 Å². The molecule has 0 radical (unpaired) electrons. The van der Waals surface area contributed by atoms with E-state index in [0.29, 0.717) is 18.3 Å². The molecule has 1 fully saturated rings. The third kappa shape index (κ3) is 2.30. The Balaban J connectivity index is 1.89. The van der Waals surface area contributed by atoms with Crippen LogP contribution in [0, 0.1) is 5.92 Å². The molecule has 5 heteroatoms. The van der Waals surface area contributed by atoms with E-state index in [2.05, 4.69) is 15.5 Å². The number of hydrogen-bond donors (Lipinski definition) is 2. The van der Waals surface area contributed by atoms with Crippen LogP contribution in [0.25, 0.3) is 0 Å². The zero-order valence-electron chi connectivity index (χ0n) is 8.20. The monoisotopic (exact) mass is 196 g/mol. The maximum absolute atomic E-state index is 5.40. The lowest BCUT2D eigenvalue weighted by Gasteiger charge is -2.20. The maximum atomic E-state index is 5.40. The largest absolute Gasteiger partial charge is 0.339 e. The molecule has 1 saturated heterocycles. The predicted octanol–water partition coefficient (Wildman–Crippen LogP) is 0.0704. The van der Waals surface area contributed by atoms with Gasteiger partial charge in [-0.05, 0) is 31.8 Å². The third-order valence-corrected chi connectivity index (χ3v) is 2.55. The van der Waals surface area contributed by atoms with Crippen molar-refractivity contribution in [2.75, 3.05) is 13.1 Å². The highest BCUT2D eigenvalue weighted by molar-refractivity contribution is 4.88. The number of rotatable bonds is 3. The van der Waals surface area contributed by atoms with E-state index < -0.39 is 0 Å². The number of hydrogen-bond acceptors (Lipinski definition) is 5. The van der Waals surface area contributed by atoms with Gasteiger partial charge in [-0.15, -0.1) is 0 Å². The summed E-state index contributed by atoms with van der Waals surface area (Å²) in [6.07, 6.45) is 3.36. The summed E-state index contributed by atoms with van der Waals surface area (Å²) in [5.74, 6) is 1.96. The first-order chi connectivity index (χ1) is 6.88. The lowest BCUT2D eigenvalue weighted by Crippen LogP contribution is -2.30. The fourth-order valence-corrected chi connectivity index (χ4v) is 1.80. The fourth-order valence-electron chi connectivity index (χ4n) is 1.80. The highest BCUT2D eigenvalue weighted by Crippen LogP contribution is 2.14. The zero-order chi connectivity index (χ0) is 9.80. The lowest BCUT2D eigenvalue weighted by molar-refractivity contribution is 0.314. The average molecular weight is 196 g/mol. The minimum atomic E-state index is 0.354. The molecule has 1 atom stereocenters. The summed E-state index contributed by atoms with van der Waals surface area (Å²) < 4.78 is 5.09. The van der Waals surface area contributed by atoms with E-state index in [1.54, 1.807) is 0 Å². The molecule has 1 aliphatic heterocycles. The van der Waals surface area contributed by atoms with Crippen molar-refractivity contribution in [1.29, 1.82) is 0 Å². The highest BCUT2D eigenvalue weighted by atomic mass is 16.5. The SMILES string of the molecule is NCc1noc(CC2CCCNC2)n1. The second-order valence-electron chi connectivity index (χ2n) is 3.72. The van der Waals surface area contributed by atoms with Crippen LogP contribution in [0.5, 0.6) is 0 Å². The molecule has 1 aromatic rings. The van der Waals surface area contributed by atoms with Gasteiger partial charge in [0.25, 0.3) is 0 Å². The standard InChI is InChI=1S/C9H16N4O/c10-5-8-12-9(14-13-8)4-7-2-1-3-11-6-7/h7,11H,1-6,10H2. The van der Waals surface area contributed by atoms with E-state index in [9.17, 15) is 0 Å². The highest BCUT2D eigenvalue weighted by Gasteiger charge is 2.16. The van der Waals surface area contributed by atoms with Crippen LogP contribution in [-0.2, 0) is 13.0 Å². The van der Waals surface area contributed by atoms with Crippen molar-refractivity contribution in [3.05, 3.63) is 11.7 Å². The molecule has 0 spiro atoms. The second kappa shape index (κ2) is 4.52. The van der Waals surface area contributed by atoms with E-state index in [-0.39, 0.29) is 0 Å². The number of aromatic nitrogens is 2. The van der Waals surface area contributed by atoms with Crippen LogP contribution in [0.2, 0.25) is 0 Å². The molecule has 1 aromatic heterocycles. The van der Waals surface area contributed by atoms with Gasteiger partial charge in [0.05, 0.1) is 6.54 Å². The Morgan fingerprint density at radius 2 is 2.50 bits per heavy atom. The second-order valence-corrected chi connectivity index (χ2v) is 3.72. The van der Waals surface area contributed by atoms with Gasteiger partial charge < -0.3 is 15.6 Å². The van der Waals surface area contributed by atoms with Crippen LogP contribution in [0.4, 0.5) is 0 Å². The third-order valence-electron chi connectivity index (χ3n) is 2.55. The average Bonchev–Trinajstić information content (AvgIpc) is 2.67. The van der Waals surface area contributed by atoms with E-state index in [4.69, 9.17) is 10.3 Å². The molecule has 0 bridgehead atoms. The summed E-state index contributed by atoms with van der Waals surface area (Å²) in [5.41, 5.74) is 5.40. The first-order valence-electron chi connectivity index (χ1n) is 5.10. The van der Waals surface area contributed by atoms with E-state index in [1.165, 1.54) is 12.8 Å². The van der Waals surface area contributed by atoms with Gasteiger partial charge in [0.15, 0.2) is 5.82 Å². The molecule has 78 valence electrons. The van der Waals surface area contributed by atoms with Crippen LogP contribution in [0.15, 0.2) is 4.52 Å². The molecule has 5 nitrogen and oxygen atoms in total. The minimum absolute atomic E-state index is 0.354. The number of nitrogens with one attached hydrogen (secondary N) is 1. The van der Waals surface area contributed by atoms with Gasteiger partial charge in [-0.1, -0.05) is 5.16 Å². The van der Waals surface area contributed by atoms with Gasteiger partial charge in [-0.3, -0.25) is 0 Å². The van der Waals surface area contributed by atoms with E-state index >= 15 is 0 Å². The first-order valence-corrected chi connectivity index (χ1v) is 5.10. The summed E-state index contributed by atoms with van der Waals surface area (Å²) in [4.78, 5) is 4.19. The molecular weight excluding hydrogens is 180 g/mol. The Bertz CT molecular complexity index is 280. The molecule has 1 unspecified atom stereocenters. The predicted molar refractivity (Wildman–Crippen MR) is 51.5 cm³/mol. The van der Waals surface area contributed by atoms with Crippen LogP contribution < -0.4 is 11.1 Å². The smallest absolute Gasteiger partial charge is 0.227 e. The van der Waals surface area contributed by atoms with Gasteiger partial charge in [-0.2, -0.15) is 4.98 Å². The lowest BCUT2D eigenvalue weighted by atomic mass is 9.96. The number of nitrogens with two attached hydrogens (primary N) is 1. The van der Waals surface area contributed by atoms with Crippen molar-refractivity contribution in [1.82, 2.24) is 15.5 Å². The summed E-state index contributed by atoms with van der Waals surface area (Å²) in [7, 11) is 0. The minimum Gasteiger partial charge on any atom is -0.339 e. The fraction of sp³-hybridized carbons (Fsp3) is 0.778. The van der Waals surface area contributed by atoms with Crippen molar-refractivity contribution >= 4 is 0 Å². The van der Waals surface area contributed by atoms with E-state index in [1.807, 2.05) is 0 Å². The van der Waals surface area contributed by atoms with Crippen molar-refractivity contribution in [2.45, 2.75) is 25.8 Å². The number of piperidine rings is 1. The van der Waals surface area contributed by atoms with Gasteiger partial charge in [0, 0.05) is 6.42 Å². The molecule has 3 N–H and O–H groups in total. The van der Waals surface area contributed by atoms with Crippen LogP contribution >= 0.6 is 0 Å². The molecular formula is C9H16N4O. The Kier molecular flexibility index (Phi) is 3.10. The quantitative estimate of drug-likeness (QED) is 0.715. The molecule has 0 aromatic carbocycles. The summed E-state index contributed by atoms with van der Waals surface area (Å²) >= 11 is 0. The van der Waals surface area contributed by atoms with Crippen molar-refractivity contribution < 1.29 is 4.52 Å². The Labute approximate surface area is 83.1 Å². The summed E-state index contributed by atoms with van der Waals surface area (Å²) in [6.45, 7) is 2.54. The molecule has 0 amide bonds. The Morgan fingerprint density at radius 1 is 1.57 bits per heavy atom. The first kappa shape index (κ1) is 9.61. The van der Waals surface area contributed by atoms with E-state index in [0.717, 1.165) is 25.4 Å². The molecule has 2 rings (SSSR count).